The molecular formula is C14H23N3O. The Morgan fingerprint density at radius 3 is 2.94 bits per heavy atom. The predicted molar refractivity (Wildman–Crippen MR) is 73.4 cm³/mol. The van der Waals surface area contributed by atoms with Gasteiger partial charge in [0.15, 0.2) is 0 Å². The van der Waals surface area contributed by atoms with E-state index in [2.05, 4.69) is 6.92 Å². The lowest BCUT2D eigenvalue weighted by Gasteiger charge is -2.32. The highest BCUT2D eigenvalue weighted by Gasteiger charge is 2.25. The number of likely N-dealkylation sites (tertiary alicyclic amines) is 1. The van der Waals surface area contributed by atoms with Crippen molar-refractivity contribution in [3.05, 3.63) is 18.0 Å². The van der Waals surface area contributed by atoms with Crippen molar-refractivity contribution in [1.29, 1.82) is 0 Å². The summed E-state index contributed by atoms with van der Waals surface area (Å²) in [7, 11) is 0. The molecule has 0 bridgehead atoms. The maximum atomic E-state index is 12.5. The number of aromatic nitrogens is 1. The molecule has 18 heavy (non-hydrogen) atoms. The molecule has 1 amide bonds. The molecule has 1 aromatic heterocycles. The number of hydrogen-bond donors (Lipinski definition) is 1. The van der Waals surface area contributed by atoms with Crippen LogP contribution in [-0.2, 0) is 6.54 Å². The van der Waals surface area contributed by atoms with E-state index in [1.165, 1.54) is 6.42 Å². The third-order valence-corrected chi connectivity index (χ3v) is 3.86. The highest BCUT2D eigenvalue weighted by Crippen LogP contribution is 2.22. The summed E-state index contributed by atoms with van der Waals surface area (Å²) in [6, 6.07) is 1.79. The van der Waals surface area contributed by atoms with E-state index in [0.29, 0.717) is 11.6 Å². The number of carbonyl (C=O) groups excluding carboxylic acids is 1. The van der Waals surface area contributed by atoms with E-state index >= 15 is 0 Å². The fraction of sp³-hybridized carbons (Fsp3) is 0.643. The zero-order valence-electron chi connectivity index (χ0n) is 11.4. The van der Waals surface area contributed by atoms with Gasteiger partial charge in [-0.2, -0.15) is 0 Å². The summed E-state index contributed by atoms with van der Waals surface area (Å²) in [5.41, 5.74) is 7.18. The molecule has 0 saturated carbocycles. The minimum absolute atomic E-state index is 0.131. The summed E-state index contributed by atoms with van der Waals surface area (Å²) >= 11 is 0. The van der Waals surface area contributed by atoms with Crippen molar-refractivity contribution in [2.24, 2.45) is 5.92 Å². The van der Waals surface area contributed by atoms with Gasteiger partial charge in [-0.25, -0.2) is 0 Å². The number of anilines is 1. The van der Waals surface area contributed by atoms with Crippen LogP contribution in [0.4, 0.5) is 5.69 Å². The minimum Gasteiger partial charge on any atom is -0.397 e. The van der Waals surface area contributed by atoms with Gasteiger partial charge in [-0.1, -0.05) is 13.3 Å². The van der Waals surface area contributed by atoms with Gasteiger partial charge >= 0.3 is 0 Å². The van der Waals surface area contributed by atoms with Gasteiger partial charge in [-0.05, 0) is 31.7 Å². The molecular weight excluding hydrogens is 226 g/mol. The van der Waals surface area contributed by atoms with Crippen LogP contribution >= 0.6 is 0 Å². The van der Waals surface area contributed by atoms with Crippen LogP contribution in [-0.4, -0.2) is 28.5 Å². The maximum Gasteiger partial charge on any atom is 0.270 e. The SMILES string of the molecule is CCC1CCCN(C(=O)c2cc(N)cn2CC)C1. The molecule has 1 fully saturated rings. The van der Waals surface area contributed by atoms with E-state index in [1.807, 2.05) is 22.6 Å². The Kier molecular flexibility index (Phi) is 3.94. The van der Waals surface area contributed by atoms with Gasteiger partial charge in [0.2, 0.25) is 0 Å². The molecule has 1 aliphatic rings. The standard InChI is InChI=1S/C14H23N3O/c1-3-11-6-5-7-17(9-11)14(18)13-8-12(15)10-16(13)4-2/h8,10-11H,3-7,9,15H2,1-2H3. The summed E-state index contributed by atoms with van der Waals surface area (Å²) in [6.07, 6.45) is 5.36. The molecule has 1 aromatic rings. The zero-order valence-corrected chi connectivity index (χ0v) is 11.4. The Bertz CT molecular complexity index is 425. The average Bonchev–Trinajstić information content (AvgIpc) is 2.79. The summed E-state index contributed by atoms with van der Waals surface area (Å²) in [5.74, 6) is 0.789. The molecule has 0 aliphatic carbocycles. The fourth-order valence-corrected chi connectivity index (χ4v) is 2.72. The molecule has 2 rings (SSSR count). The van der Waals surface area contributed by atoms with Crippen molar-refractivity contribution in [2.75, 3.05) is 18.8 Å². The number of aryl methyl sites for hydroxylation is 1. The number of amides is 1. The quantitative estimate of drug-likeness (QED) is 0.894. The molecule has 0 aromatic carbocycles. The van der Waals surface area contributed by atoms with Crippen molar-refractivity contribution in [2.45, 2.75) is 39.7 Å². The second kappa shape index (κ2) is 5.46. The maximum absolute atomic E-state index is 12.5. The fourth-order valence-electron chi connectivity index (χ4n) is 2.72. The Hall–Kier alpha value is -1.45. The number of nitrogens with two attached hydrogens (primary N) is 1. The third kappa shape index (κ3) is 2.52. The van der Waals surface area contributed by atoms with Crippen LogP contribution in [0.5, 0.6) is 0 Å². The Balaban J connectivity index is 2.14. The lowest BCUT2D eigenvalue weighted by Crippen LogP contribution is -2.40. The molecule has 4 heteroatoms. The van der Waals surface area contributed by atoms with E-state index in [4.69, 9.17) is 5.73 Å². The number of piperidine rings is 1. The second-order valence-electron chi connectivity index (χ2n) is 5.11. The second-order valence-corrected chi connectivity index (χ2v) is 5.11. The zero-order chi connectivity index (χ0) is 13.1. The van der Waals surface area contributed by atoms with Gasteiger partial charge in [0.1, 0.15) is 5.69 Å². The third-order valence-electron chi connectivity index (χ3n) is 3.86. The summed E-state index contributed by atoms with van der Waals surface area (Å²) < 4.78 is 1.94. The highest BCUT2D eigenvalue weighted by molar-refractivity contribution is 5.93. The first-order valence-electron chi connectivity index (χ1n) is 6.90. The van der Waals surface area contributed by atoms with E-state index in [9.17, 15) is 4.79 Å². The Morgan fingerprint density at radius 1 is 1.50 bits per heavy atom. The molecule has 1 unspecified atom stereocenters. The van der Waals surface area contributed by atoms with Crippen molar-refractivity contribution < 1.29 is 4.79 Å². The topological polar surface area (TPSA) is 51.3 Å². The van der Waals surface area contributed by atoms with Gasteiger partial charge in [-0.3, -0.25) is 4.79 Å². The lowest BCUT2D eigenvalue weighted by atomic mass is 9.95. The van der Waals surface area contributed by atoms with Crippen LogP contribution in [0.15, 0.2) is 12.3 Å². The first kappa shape index (κ1) is 13.0. The van der Waals surface area contributed by atoms with Gasteiger partial charge in [-0.15, -0.1) is 0 Å². The van der Waals surface area contributed by atoms with Gasteiger partial charge in [0, 0.05) is 25.8 Å². The molecule has 1 saturated heterocycles. The first-order valence-corrected chi connectivity index (χ1v) is 6.90. The summed E-state index contributed by atoms with van der Waals surface area (Å²) in [6.45, 7) is 6.78. The Morgan fingerprint density at radius 2 is 2.28 bits per heavy atom. The largest absolute Gasteiger partial charge is 0.397 e. The van der Waals surface area contributed by atoms with E-state index in [-0.39, 0.29) is 5.91 Å². The van der Waals surface area contributed by atoms with Crippen molar-refractivity contribution in [3.63, 3.8) is 0 Å². The molecule has 0 spiro atoms. The number of nitrogen functional groups attached to an aromatic ring is 1. The van der Waals surface area contributed by atoms with E-state index < -0.39 is 0 Å². The first-order chi connectivity index (χ1) is 8.65. The van der Waals surface area contributed by atoms with Crippen LogP contribution in [0, 0.1) is 5.92 Å². The normalized spacial score (nSPS) is 20.1. The van der Waals surface area contributed by atoms with Crippen molar-refractivity contribution in [3.8, 4) is 0 Å². The van der Waals surface area contributed by atoms with Crippen molar-refractivity contribution in [1.82, 2.24) is 9.47 Å². The minimum atomic E-state index is 0.131. The van der Waals surface area contributed by atoms with Crippen LogP contribution < -0.4 is 5.73 Å². The molecule has 2 heterocycles. The Labute approximate surface area is 109 Å². The predicted octanol–water partition coefficient (Wildman–Crippen LogP) is 2.35. The van der Waals surface area contributed by atoms with Crippen LogP contribution in [0.3, 0.4) is 0 Å². The van der Waals surface area contributed by atoms with E-state index in [0.717, 1.165) is 38.2 Å². The van der Waals surface area contributed by atoms with Crippen LogP contribution in [0.1, 0.15) is 43.6 Å². The average molecular weight is 249 g/mol. The number of nitrogens with zero attached hydrogens (tertiary/aromatic N) is 2. The van der Waals surface area contributed by atoms with E-state index in [1.54, 1.807) is 6.07 Å². The van der Waals surface area contributed by atoms with Crippen LogP contribution in [0.2, 0.25) is 0 Å². The molecule has 100 valence electrons. The van der Waals surface area contributed by atoms with Crippen LogP contribution in [0.25, 0.3) is 0 Å². The lowest BCUT2D eigenvalue weighted by molar-refractivity contribution is 0.0660. The number of hydrogen-bond acceptors (Lipinski definition) is 2. The smallest absolute Gasteiger partial charge is 0.270 e. The summed E-state index contributed by atoms with van der Waals surface area (Å²) in [5, 5.41) is 0. The van der Waals surface area contributed by atoms with Crippen molar-refractivity contribution >= 4 is 11.6 Å². The molecule has 4 nitrogen and oxygen atoms in total. The number of carbonyl (C=O) groups is 1. The molecule has 0 radical (unpaired) electrons. The van der Waals surface area contributed by atoms with Gasteiger partial charge in [0.05, 0.1) is 5.69 Å². The molecule has 1 atom stereocenters. The molecule has 1 aliphatic heterocycles. The molecule has 2 N–H and O–H groups in total. The number of rotatable bonds is 3. The van der Waals surface area contributed by atoms with Gasteiger partial charge < -0.3 is 15.2 Å². The highest BCUT2D eigenvalue weighted by atomic mass is 16.2. The summed E-state index contributed by atoms with van der Waals surface area (Å²) in [4.78, 5) is 14.5. The van der Waals surface area contributed by atoms with Gasteiger partial charge in [0.25, 0.3) is 5.91 Å². The monoisotopic (exact) mass is 249 g/mol.